The largest absolute Gasteiger partial charge is 0.457 e. The Labute approximate surface area is 158 Å². The summed E-state index contributed by atoms with van der Waals surface area (Å²) in [6.07, 6.45) is 12.2. The third-order valence-electron chi connectivity index (χ3n) is 3.73. The molecule has 0 aliphatic heterocycles. The first-order valence-electron chi connectivity index (χ1n) is 9.28. The summed E-state index contributed by atoms with van der Waals surface area (Å²) >= 11 is 0. The molecule has 1 atom stereocenters. The lowest BCUT2D eigenvalue weighted by Crippen LogP contribution is -2.06. The van der Waals surface area contributed by atoms with Gasteiger partial charge in [-0.05, 0) is 73.1 Å². The van der Waals surface area contributed by atoms with Crippen LogP contribution in [-0.4, -0.2) is 23.8 Å². The molecule has 6 heteroatoms. The fourth-order valence-corrected chi connectivity index (χ4v) is 2.99. The number of carbonyl (C=O) groups excluding carboxylic acids is 1. The van der Waals surface area contributed by atoms with Crippen LogP contribution in [-0.2, 0) is 13.8 Å². The van der Waals surface area contributed by atoms with Gasteiger partial charge in [0.25, 0.3) is 0 Å². The zero-order valence-corrected chi connectivity index (χ0v) is 17.8. The number of carbonyl (C=O) groups is 1. The Morgan fingerprint density at radius 1 is 0.962 bits per heavy atom. The lowest BCUT2D eigenvalue weighted by molar-refractivity contribution is 0.161. The zero-order valence-electron chi connectivity index (χ0n) is 16.9. The molecule has 0 aromatic heterocycles. The number of hydrogen-bond acceptors (Lipinski definition) is 4. The van der Waals surface area contributed by atoms with E-state index in [-0.39, 0.29) is 13.2 Å². The third kappa shape index (κ3) is 13.1. The summed E-state index contributed by atoms with van der Waals surface area (Å²) in [6, 6.07) is 0. The van der Waals surface area contributed by atoms with Crippen molar-refractivity contribution in [2.24, 2.45) is 0 Å². The molecule has 0 aromatic rings. The normalized spacial score (nSPS) is 14.7. The van der Waals surface area contributed by atoms with Crippen LogP contribution in [0.3, 0.4) is 0 Å². The fraction of sp³-hybridized carbons (Fsp3) is 0.650. The van der Waals surface area contributed by atoms with Gasteiger partial charge in [-0.1, -0.05) is 34.9 Å². The van der Waals surface area contributed by atoms with Gasteiger partial charge in [-0.15, -0.1) is 0 Å². The summed E-state index contributed by atoms with van der Waals surface area (Å²) in [5, 5.41) is 0. The molecule has 1 N–H and O–H groups in total. The monoisotopic (exact) mass is 386 g/mol. The topological polar surface area (TPSA) is 72.8 Å². The van der Waals surface area contributed by atoms with Gasteiger partial charge in [0, 0.05) is 0 Å². The summed E-state index contributed by atoms with van der Waals surface area (Å²) in [4.78, 5) is 20.6. The van der Waals surface area contributed by atoms with Crippen LogP contribution in [0.25, 0.3) is 0 Å². The molecule has 5 nitrogen and oxygen atoms in total. The number of rotatable bonds is 13. The van der Waals surface area contributed by atoms with Crippen LogP contribution in [0.15, 0.2) is 34.9 Å². The van der Waals surface area contributed by atoms with Crippen molar-refractivity contribution in [3.63, 3.8) is 0 Å². The first-order chi connectivity index (χ1) is 12.2. The Morgan fingerprint density at radius 3 is 2.04 bits per heavy atom. The van der Waals surface area contributed by atoms with Crippen LogP contribution in [0.5, 0.6) is 0 Å². The highest BCUT2D eigenvalue weighted by Crippen LogP contribution is 2.44. The molecule has 0 rings (SSSR count). The van der Waals surface area contributed by atoms with Gasteiger partial charge in [-0.2, -0.15) is 0 Å². The van der Waals surface area contributed by atoms with E-state index in [1.807, 2.05) is 0 Å². The first kappa shape index (κ1) is 24.8. The Morgan fingerprint density at radius 2 is 1.50 bits per heavy atom. The van der Waals surface area contributed by atoms with Crippen molar-refractivity contribution >= 4 is 13.3 Å². The maximum absolute atomic E-state index is 11.6. The van der Waals surface area contributed by atoms with E-state index < -0.39 is 13.3 Å². The molecule has 0 saturated carbocycles. The standard InChI is InChI=1S/C20H35O5P/c1-6-24-20(21)26(22,23)25-16-8-7-12-18(4)14-10-15-19(5)13-9-11-17(2)3/h11-12,15H,6-10,13-14,16H2,1-5H3,(H,22,23)/b18-12+,19-15+. The van der Waals surface area contributed by atoms with Crippen molar-refractivity contribution < 1.29 is 23.5 Å². The molecule has 1 unspecified atom stereocenters. The minimum absolute atomic E-state index is 0.0531. The van der Waals surface area contributed by atoms with Crippen LogP contribution >= 0.6 is 7.60 Å². The van der Waals surface area contributed by atoms with E-state index in [1.54, 1.807) is 6.92 Å². The lowest BCUT2D eigenvalue weighted by Gasteiger charge is -2.09. The molecular formula is C20H35O5P. The smallest absolute Gasteiger partial charge is 0.435 e. The molecule has 0 saturated heterocycles. The van der Waals surface area contributed by atoms with Gasteiger partial charge in [-0.3, -0.25) is 0 Å². The van der Waals surface area contributed by atoms with E-state index in [0.717, 1.165) is 32.1 Å². The number of allylic oxidation sites excluding steroid dienone is 6. The lowest BCUT2D eigenvalue weighted by atomic mass is 10.1. The van der Waals surface area contributed by atoms with Crippen molar-refractivity contribution in [3.8, 4) is 0 Å². The number of unbranched alkanes of at least 4 members (excludes halogenated alkanes) is 1. The Kier molecular flexibility index (Phi) is 13.3. The minimum Gasteiger partial charge on any atom is -0.457 e. The molecule has 0 aliphatic rings. The minimum atomic E-state index is -4.30. The van der Waals surface area contributed by atoms with Gasteiger partial charge in [0.1, 0.15) is 0 Å². The summed E-state index contributed by atoms with van der Waals surface area (Å²) in [5.41, 5.74) is 2.89. The molecule has 26 heavy (non-hydrogen) atoms. The SMILES string of the molecule is CCOC(=O)P(=O)(O)OCCC/C=C(\C)CC/C=C(\C)CCC=C(C)C. The average molecular weight is 386 g/mol. The fourth-order valence-electron chi connectivity index (χ4n) is 2.22. The molecule has 0 heterocycles. The molecule has 0 aromatic carbocycles. The molecule has 0 aliphatic carbocycles. The second-order valence-corrected chi connectivity index (χ2v) is 8.32. The Hall–Kier alpha value is -1.16. The highest BCUT2D eigenvalue weighted by molar-refractivity contribution is 7.70. The molecular weight excluding hydrogens is 351 g/mol. The van der Waals surface area contributed by atoms with Crippen LogP contribution < -0.4 is 0 Å². The van der Waals surface area contributed by atoms with Crippen molar-refractivity contribution in [2.45, 2.75) is 73.1 Å². The molecule has 0 amide bonds. The van der Waals surface area contributed by atoms with Gasteiger partial charge < -0.3 is 14.2 Å². The summed E-state index contributed by atoms with van der Waals surface area (Å²) in [6.45, 7) is 10.2. The van der Waals surface area contributed by atoms with E-state index in [9.17, 15) is 14.3 Å². The van der Waals surface area contributed by atoms with Gasteiger partial charge >= 0.3 is 13.3 Å². The average Bonchev–Trinajstić information content (AvgIpc) is 2.54. The van der Waals surface area contributed by atoms with Gasteiger partial charge in [0.2, 0.25) is 0 Å². The summed E-state index contributed by atoms with van der Waals surface area (Å²) < 4.78 is 20.8. The Balaban J connectivity index is 4.00. The Bertz CT molecular complexity index is 557. The molecule has 0 spiro atoms. The molecule has 150 valence electrons. The summed E-state index contributed by atoms with van der Waals surface area (Å²) in [7, 11) is -4.30. The van der Waals surface area contributed by atoms with Gasteiger partial charge in [-0.25, -0.2) is 9.36 Å². The van der Waals surface area contributed by atoms with E-state index in [2.05, 4.69) is 50.7 Å². The van der Waals surface area contributed by atoms with Crippen LogP contribution in [0.2, 0.25) is 0 Å². The maximum Gasteiger partial charge on any atom is 0.435 e. The highest BCUT2D eigenvalue weighted by atomic mass is 31.2. The zero-order chi connectivity index (χ0) is 20.0. The van der Waals surface area contributed by atoms with Crippen LogP contribution in [0.1, 0.15) is 73.1 Å². The summed E-state index contributed by atoms with van der Waals surface area (Å²) in [5.74, 6) is 0. The van der Waals surface area contributed by atoms with E-state index >= 15 is 0 Å². The second-order valence-electron chi connectivity index (χ2n) is 6.65. The highest BCUT2D eigenvalue weighted by Gasteiger charge is 2.32. The van der Waals surface area contributed by atoms with Crippen molar-refractivity contribution in [1.29, 1.82) is 0 Å². The quantitative estimate of drug-likeness (QED) is 0.221. The molecule has 0 radical (unpaired) electrons. The maximum atomic E-state index is 11.6. The van der Waals surface area contributed by atoms with E-state index in [4.69, 9.17) is 4.52 Å². The molecule has 0 bridgehead atoms. The molecule has 0 fully saturated rings. The van der Waals surface area contributed by atoms with Crippen molar-refractivity contribution in [2.75, 3.05) is 13.2 Å². The number of ether oxygens (including phenoxy) is 1. The van der Waals surface area contributed by atoms with Crippen molar-refractivity contribution in [1.82, 2.24) is 0 Å². The van der Waals surface area contributed by atoms with Gasteiger partial charge in [0.15, 0.2) is 0 Å². The van der Waals surface area contributed by atoms with Crippen LogP contribution in [0, 0.1) is 0 Å². The van der Waals surface area contributed by atoms with Gasteiger partial charge in [0.05, 0.1) is 13.2 Å². The first-order valence-corrected chi connectivity index (χ1v) is 10.9. The van der Waals surface area contributed by atoms with E-state index in [0.29, 0.717) is 6.42 Å². The predicted molar refractivity (Wildman–Crippen MR) is 107 cm³/mol. The van der Waals surface area contributed by atoms with Crippen molar-refractivity contribution in [3.05, 3.63) is 34.9 Å². The van der Waals surface area contributed by atoms with E-state index in [1.165, 1.54) is 16.7 Å². The predicted octanol–water partition coefficient (Wildman–Crippen LogP) is 6.54. The number of hydrogen-bond donors (Lipinski definition) is 1. The second kappa shape index (κ2) is 14.0. The third-order valence-corrected chi connectivity index (χ3v) is 4.85. The van der Waals surface area contributed by atoms with Crippen LogP contribution in [0.4, 0.5) is 4.79 Å².